The lowest BCUT2D eigenvalue weighted by Crippen LogP contribution is -2.49. The highest BCUT2D eigenvalue weighted by Gasteiger charge is 2.44. The minimum Gasteiger partial charge on any atom is -0.443 e. The molecule has 0 unspecified atom stereocenters. The fraction of sp³-hybridized carbons (Fsp3) is 0.519. The zero-order valence-corrected chi connectivity index (χ0v) is 24.3. The number of anilines is 1. The number of nitrogens with one attached hydrogen (secondary N) is 1. The molecular weight excluding hydrogens is 641 g/mol. The zero-order chi connectivity index (χ0) is 34.0. The van der Waals surface area contributed by atoms with Gasteiger partial charge in [0.25, 0.3) is 0 Å². The molecule has 0 aliphatic carbocycles. The molecule has 0 spiro atoms. The van der Waals surface area contributed by atoms with Crippen molar-refractivity contribution in [1.82, 2.24) is 10.4 Å². The number of hydrogen-bond acceptors (Lipinski definition) is 6. The molecule has 1 fully saturated rings. The third-order valence-corrected chi connectivity index (χ3v) is 7.40. The largest absolute Gasteiger partial charge is 0.443 e. The van der Waals surface area contributed by atoms with Gasteiger partial charge in [-0.05, 0) is 47.5 Å². The number of hydrogen-bond donors (Lipinski definition) is 2. The lowest BCUT2D eigenvalue weighted by Gasteiger charge is -2.40. The molecule has 2 aliphatic heterocycles. The van der Waals surface area contributed by atoms with E-state index in [2.05, 4.69) is 20.7 Å². The van der Waals surface area contributed by atoms with E-state index in [1.54, 1.807) is 6.92 Å². The molecule has 19 heteroatoms. The van der Waals surface area contributed by atoms with Crippen molar-refractivity contribution in [3.63, 3.8) is 0 Å². The predicted molar refractivity (Wildman–Crippen MR) is 142 cm³/mol. The maximum atomic E-state index is 13.9. The average molecular weight is 671 g/mol. The Morgan fingerprint density at radius 1 is 1.09 bits per heavy atom. The van der Waals surface area contributed by atoms with Crippen LogP contribution in [-0.2, 0) is 34.5 Å². The number of amides is 1. The maximum absolute atomic E-state index is 13.9. The van der Waals surface area contributed by atoms with Crippen LogP contribution >= 0.6 is 0 Å². The Hall–Kier alpha value is -4.16. The standard InChI is InChI=1S/C27H28F9N7O3/c1-3-17-11-20(22-19(4-5-21(39-22)27(34,35)36)43(17)24(44)46-18-6-7-45-13-18)42(23(37)40-41-38-2)12-14-8-15(25(28,29)30)10-16(9-14)26(31,32)33/h4-5,8-10,17-18,20H,3,6-7,11-13H2,1-2H3,(H2,37,38,40)/p+1/t17-,18-,20+/m1/s1. The van der Waals surface area contributed by atoms with Crippen molar-refractivity contribution in [2.24, 2.45) is 16.1 Å². The first-order chi connectivity index (χ1) is 21.4. The molecule has 0 bridgehead atoms. The normalized spacial score (nSPS) is 21.3. The van der Waals surface area contributed by atoms with Crippen LogP contribution in [0.1, 0.15) is 60.3 Å². The number of guanidine groups is 1. The first-order valence-electron chi connectivity index (χ1n) is 13.8. The lowest BCUT2D eigenvalue weighted by molar-refractivity contribution is -0.593. The summed E-state index contributed by atoms with van der Waals surface area (Å²) >= 11 is 0. The van der Waals surface area contributed by atoms with Crippen LogP contribution in [0.4, 0.5) is 50.0 Å². The van der Waals surface area contributed by atoms with E-state index in [0.717, 1.165) is 15.5 Å². The van der Waals surface area contributed by atoms with Crippen molar-refractivity contribution >= 4 is 17.7 Å². The van der Waals surface area contributed by atoms with Crippen LogP contribution in [0.2, 0.25) is 0 Å². The third kappa shape index (κ3) is 7.79. The predicted octanol–water partition coefficient (Wildman–Crippen LogP) is 6.21. The van der Waals surface area contributed by atoms with Gasteiger partial charge in [0, 0.05) is 18.9 Å². The van der Waals surface area contributed by atoms with E-state index in [0.29, 0.717) is 31.2 Å². The van der Waals surface area contributed by atoms with Gasteiger partial charge in [-0.25, -0.2) is 9.78 Å². The number of nitrogens with zero attached hydrogens (tertiary/aromatic N) is 5. The Morgan fingerprint density at radius 2 is 1.74 bits per heavy atom. The minimum atomic E-state index is -5.16. The molecule has 3 heterocycles. The number of carbonyl (C=O) groups excluding carboxylic acids is 1. The molecule has 0 saturated carbocycles. The van der Waals surface area contributed by atoms with Gasteiger partial charge in [-0.2, -0.15) is 44.6 Å². The number of halogens is 9. The summed E-state index contributed by atoms with van der Waals surface area (Å²) in [5.74, 6) is -0.472. The second-order valence-electron chi connectivity index (χ2n) is 10.5. The Morgan fingerprint density at radius 3 is 2.26 bits per heavy atom. The molecule has 46 heavy (non-hydrogen) atoms. The molecule has 1 saturated heterocycles. The smallest absolute Gasteiger partial charge is 0.433 e. The molecule has 1 aromatic heterocycles. The molecule has 0 radical (unpaired) electrons. The molecule has 2 aliphatic rings. The second-order valence-corrected chi connectivity index (χ2v) is 10.5. The quantitative estimate of drug-likeness (QED) is 0.0944. The van der Waals surface area contributed by atoms with Crippen LogP contribution < -0.4 is 16.1 Å². The summed E-state index contributed by atoms with van der Waals surface area (Å²) in [5.41, 5.74) is 2.88. The van der Waals surface area contributed by atoms with E-state index in [9.17, 15) is 44.3 Å². The van der Waals surface area contributed by atoms with Crippen molar-refractivity contribution in [3.8, 4) is 0 Å². The van der Waals surface area contributed by atoms with E-state index in [4.69, 9.17) is 15.2 Å². The summed E-state index contributed by atoms with van der Waals surface area (Å²) in [4.78, 5) is 18.3. The number of benzene rings is 1. The fourth-order valence-electron chi connectivity index (χ4n) is 5.26. The van der Waals surface area contributed by atoms with Crippen molar-refractivity contribution in [2.45, 2.75) is 69.4 Å². The molecular formula is C27H29F9N7O3+. The van der Waals surface area contributed by atoms with Crippen molar-refractivity contribution in [1.29, 1.82) is 0 Å². The number of nitrogens with two attached hydrogens (primary N) is 1. The van der Waals surface area contributed by atoms with Crippen LogP contribution in [0.3, 0.4) is 0 Å². The van der Waals surface area contributed by atoms with Gasteiger partial charge in [-0.15, -0.1) is 5.43 Å². The minimum absolute atomic E-state index is 0.0521. The van der Waals surface area contributed by atoms with E-state index in [-0.39, 0.29) is 36.9 Å². The Labute approximate surface area is 256 Å². The summed E-state index contributed by atoms with van der Waals surface area (Å²) in [5, 5.41) is 6.96. The Kier molecular flexibility index (Phi) is 10.0. The summed E-state index contributed by atoms with van der Waals surface area (Å²) in [6.07, 6.45) is -16.4. The first-order valence-corrected chi connectivity index (χ1v) is 13.8. The topological polar surface area (TPSA) is 117 Å². The molecule has 1 aromatic carbocycles. The van der Waals surface area contributed by atoms with Gasteiger partial charge in [0.15, 0.2) is 0 Å². The zero-order valence-electron chi connectivity index (χ0n) is 24.3. The second kappa shape index (κ2) is 13.3. The van der Waals surface area contributed by atoms with Crippen LogP contribution in [0, 0.1) is 0 Å². The number of pyridine rings is 1. The fourth-order valence-corrected chi connectivity index (χ4v) is 5.26. The van der Waals surface area contributed by atoms with Crippen LogP contribution in [0.5, 0.6) is 0 Å². The molecule has 4 rings (SSSR count). The molecule has 3 N–H and O–H groups in total. The molecule has 10 nitrogen and oxygen atoms in total. The SMILES string of the molecule is CC[C@@H]1C[C@H]([N+](Cc2cc(C(F)(F)F)cc(C(F)(F)F)c2)=C(N)NN=NC)c2nc(C(F)(F)F)ccc2N1C(=O)O[C@@H]1CCOC1. The van der Waals surface area contributed by atoms with E-state index < -0.39 is 77.7 Å². The van der Waals surface area contributed by atoms with Crippen molar-refractivity contribution in [2.75, 3.05) is 25.2 Å². The molecule has 2 aromatic rings. The van der Waals surface area contributed by atoms with Gasteiger partial charge < -0.3 is 9.47 Å². The lowest BCUT2D eigenvalue weighted by atomic mass is 9.92. The van der Waals surface area contributed by atoms with Gasteiger partial charge in [-0.1, -0.05) is 6.92 Å². The number of rotatable bonds is 6. The van der Waals surface area contributed by atoms with E-state index in [1.165, 1.54) is 7.05 Å². The number of ether oxygens (including phenoxy) is 2. The van der Waals surface area contributed by atoms with Crippen LogP contribution in [-0.4, -0.2) is 54.0 Å². The van der Waals surface area contributed by atoms with Gasteiger partial charge in [-0.3, -0.25) is 15.2 Å². The number of aromatic nitrogens is 1. The van der Waals surface area contributed by atoms with Gasteiger partial charge in [0.05, 0.1) is 43.6 Å². The van der Waals surface area contributed by atoms with E-state index >= 15 is 0 Å². The number of carbonyl (C=O) groups is 1. The highest BCUT2D eigenvalue weighted by atomic mass is 19.4. The number of fused-ring (bicyclic) bond motifs is 1. The van der Waals surface area contributed by atoms with Crippen molar-refractivity contribution < 1.29 is 58.4 Å². The van der Waals surface area contributed by atoms with Gasteiger partial charge >= 0.3 is 30.6 Å². The third-order valence-electron chi connectivity index (χ3n) is 7.40. The maximum Gasteiger partial charge on any atom is 0.433 e. The number of alkyl halides is 9. The van der Waals surface area contributed by atoms with Crippen LogP contribution in [0.25, 0.3) is 0 Å². The van der Waals surface area contributed by atoms with Gasteiger partial charge in [0.2, 0.25) is 0 Å². The van der Waals surface area contributed by atoms with Crippen LogP contribution in [0.15, 0.2) is 40.7 Å². The highest BCUT2D eigenvalue weighted by Crippen LogP contribution is 2.43. The summed E-state index contributed by atoms with van der Waals surface area (Å²) in [6.45, 7) is 1.35. The molecule has 252 valence electrons. The highest BCUT2D eigenvalue weighted by molar-refractivity contribution is 5.90. The van der Waals surface area contributed by atoms with Crippen molar-refractivity contribution in [3.05, 3.63) is 58.4 Å². The molecule has 1 amide bonds. The Balaban J connectivity index is 1.90. The summed E-state index contributed by atoms with van der Waals surface area (Å²) < 4.78 is 135. The monoisotopic (exact) mass is 670 g/mol. The first kappa shape index (κ1) is 34.7. The Bertz CT molecular complexity index is 1450. The van der Waals surface area contributed by atoms with E-state index in [1.807, 2.05) is 0 Å². The summed E-state index contributed by atoms with van der Waals surface area (Å²) in [7, 11) is 1.23. The summed E-state index contributed by atoms with van der Waals surface area (Å²) in [6, 6.07) is 0.465. The average Bonchev–Trinajstić information content (AvgIpc) is 3.49. The molecule has 3 atom stereocenters. The van der Waals surface area contributed by atoms with Gasteiger partial charge in [0.1, 0.15) is 23.5 Å².